The highest BCUT2D eigenvalue weighted by Crippen LogP contribution is 2.22. The van der Waals surface area contributed by atoms with Gasteiger partial charge in [0.15, 0.2) is 19.7 Å². The number of hydrogen-bond donors (Lipinski definition) is 0. The summed E-state index contributed by atoms with van der Waals surface area (Å²) in [6.45, 7) is 0. The maximum atomic E-state index is 11.4. The van der Waals surface area contributed by atoms with Gasteiger partial charge in [-0.2, -0.15) is 0 Å². The van der Waals surface area contributed by atoms with Crippen LogP contribution < -0.4 is 0 Å². The van der Waals surface area contributed by atoms with Crippen molar-refractivity contribution in [2.75, 3.05) is 12.5 Å². The van der Waals surface area contributed by atoms with Crippen molar-refractivity contribution in [1.82, 2.24) is 0 Å². The molecule has 4 nitrogen and oxygen atoms in total. The van der Waals surface area contributed by atoms with E-state index in [0.29, 0.717) is 5.39 Å². The fourth-order valence-electron chi connectivity index (χ4n) is 1.66. The average molecular weight is 284 g/mol. The highest BCUT2D eigenvalue weighted by Gasteiger charge is 2.10. The third-order valence-corrected chi connectivity index (χ3v) is 4.86. The van der Waals surface area contributed by atoms with E-state index in [1.165, 1.54) is 24.3 Å². The minimum absolute atomic E-state index is 0.181. The summed E-state index contributed by atoms with van der Waals surface area (Å²) in [6, 6.07) is 9.32. The second-order valence-electron chi connectivity index (χ2n) is 4.22. The van der Waals surface area contributed by atoms with Crippen molar-refractivity contribution in [3.05, 3.63) is 36.4 Å². The molecule has 0 aliphatic carbocycles. The van der Waals surface area contributed by atoms with E-state index in [1.54, 1.807) is 12.1 Å². The Balaban J connectivity index is 2.76. The summed E-state index contributed by atoms with van der Waals surface area (Å²) in [7, 11) is -6.58. The molecule has 0 aliphatic heterocycles. The summed E-state index contributed by atoms with van der Waals surface area (Å²) in [6.07, 6.45) is 2.24. The fourth-order valence-corrected chi connectivity index (χ4v) is 2.98. The van der Waals surface area contributed by atoms with E-state index in [4.69, 9.17) is 0 Å². The van der Waals surface area contributed by atoms with Crippen LogP contribution in [0, 0.1) is 0 Å². The van der Waals surface area contributed by atoms with Gasteiger partial charge in [0.2, 0.25) is 0 Å². The summed E-state index contributed by atoms with van der Waals surface area (Å²) in [5.41, 5.74) is 0. The normalized spacial score (nSPS) is 12.8. The van der Waals surface area contributed by atoms with Crippen LogP contribution in [-0.4, -0.2) is 29.3 Å². The smallest absolute Gasteiger partial charge is 0.175 e. The topological polar surface area (TPSA) is 68.3 Å². The second kappa shape index (κ2) is 4.07. The van der Waals surface area contributed by atoms with Gasteiger partial charge in [0.1, 0.15) is 0 Å². The first-order valence-corrected chi connectivity index (χ1v) is 8.90. The molecule has 0 saturated heterocycles. The Kier molecular flexibility index (Phi) is 2.95. The first-order valence-electron chi connectivity index (χ1n) is 5.12. The van der Waals surface area contributed by atoms with Gasteiger partial charge in [0.05, 0.1) is 9.79 Å². The average Bonchev–Trinajstić information content (AvgIpc) is 2.25. The van der Waals surface area contributed by atoms with Crippen LogP contribution in [0.25, 0.3) is 10.8 Å². The van der Waals surface area contributed by atoms with E-state index in [9.17, 15) is 16.8 Å². The van der Waals surface area contributed by atoms with Crippen LogP contribution in [0.3, 0.4) is 0 Å². The Morgan fingerprint density at radius 3 is 1.39 bits per heavy atom. The van der Waals surface area contributed by atoms with Crippen molar-refractivity contribution in [3.63, 3.8) is 0 Å². The summed E-state index contributed by atoms with van der Waals surface area (Å²) in [4.78, 5) is 0.362. The third-order valence-electron chi connectivity index (χ3n) is 2.64. The lowest BCUT2D eigenvalue weighted by atomic mass is 10.1. The molecule has 0 saturated carbocycles. The third kappa shape index (κ3) is 2.54. The molecule has 0 unspecified atom stereocenters. The van der Waals surface area contributed by atoms with E-state index >= 15 is 0 Å². The van der Waals surface area contributed by atoms with E-state index in [2.05, 4.69) is 0 Å². The van der Waals surface area contributed by atoms with Gasteiger partial charge in [0, 0.05) is 12.5 Å². The van der Waals surface area contributed by atoms with Gasteiger partial charge in [-0.25, -0.2) is 16.8 Å². The molecule has 0 radical (unpaired) electrons. The standard InChI is InChI=1S/C12H12O4S2/c1-17(13,14)11-5-3-9-4-6-12(18(2,15)16)8-10(9)7-11/h3-8H,1-2H3. The van der Waals surface area contributed by atoms with Gasteiger partial charge in [-0.05, 0) is 35.0 Å². The highest BCUT2D eigenvalue weighted by atomic mass is 32.2. The molecule has 2 aromatic carbocycles. The zero-order valence-corrected chi connectivity index (χ0v) is 11.5. The Hall–Kier alpha value is -1.40. The molecule has 0 atom stereocenters. The monoisotopic (exact) mass is 284 g/mol. The molecule has 2 rings (SSSR count). The zero-order valence-electron chi connectivity index (χ0n) is 9.91. The van der Waals surface area contributed by atoms with Crippen molar-refractivity contribution in [3.8, 4) is 0 Å². The summed E-state index contributed by atoms with van der Waals surface area (Å²) < 4.78 is 45.8. The summed E-state index contributed by atoms with van der Waals surface area (Å²) in [5, 5.41) is 1.40. The molecule has 96 valence electrons. The molecule has 0 spiro atoms. The Bertz CT molecular complexity index is 752. The first-order chi connectivity index (χ1) is 8.18. The van der Waals surface area contributed by atoms with Crippen LogP contribution in [0.1, 0.15) is 0 Å². The molecule has 2 aromatic rings. The maximum Gasteiger partial charge on any atom is 0.175 e. The van der Waals surface area contributed by atoms with Crippen LogP contribution in [0.2, 0.25) is 0 Å². The molecule has 18 heavy (non-hydrogen) atoms. The largest absolute Gasteiger partial charge is 0.224 e. The fraction of sp³-hybridized carbons (Fsp3) is 0.167. The number of rotatable bonds is 2. The van der Waals surface area contributed by atoms with Gasteiger partial charge >= 0.3 is 0 Å². The molecule has 6 heteroatoms. The van der Waals surface area contributed by atoms with Gasteiger partial charge in [-0.15, -0.1) is 0 Å². The van der Waals surface area contributed by atoms with E-state index in [0.717, 1.165) is 17.9 Å². The predicted molar refractivity (Wildman–Crippen MR) is 70.2 cm³/mol. The lowest BCUT2D eigenvalue weighted by Crippen LogP contribution is -1.98. The predicted octanol–water partition coefficient (Wildman–Crippen LogP) is 1.65. The second-order valence-corrected chi connectivity index (χ2v) is 8.25. The molecule has 0 fully saturated rings. The van der Waals surface area contributed by atoms with E-state index in [1.807, 2.05) is 0 Å². The lowest BCUT2D eigenvalue weighted by Gasteiger charge is -2.04. The van der Waals surface area contributed by atoms with Crippen LogP contribution in [-0.2, 0) is 19.7 Å². The highest BCUT2D eigenvalue weighted by molar-refractivity contribution is 7.91. The minimum atomic E-state index is -3.29. The molecule has 0 aliphatic rings. The van der Waals surface area contributed by atoms with Crippen molar-refractivity contribution in [1.29, 1.82) is 0 Å². The number of fused-ring (bicyclic) bond motifs is 1. The Morgan fingerprint density at radius 2 is 1.06 bits per heavy atom. The van der Waals surface area contributed by atoms with Crippen LogP contribution in [0.5, 0.6) is 0 Å². The number of hydrogen-bond acceptors (Lipinski definition) is 4. The lowest BCUT2D eigenvalue weighted by molar-refractivity contribution is 0.600. The number of benzene rings is 2. The Morgan fingerprint density at radius 1 is 0.667 bits per heavy atom. The van der Waals surface area contributed by atoms with Gasteiger partial charge in [0.25, 0.3) is 0 Å². The van der Waals surface area contributed by atoms with Crippen LogP contribution >= 0.6 is 0 Å². The number of sulfone groups is 2. The van der Waals surface area contributed by atoms with Gasteiger partial charge in [-0.3, -0.25) is 0 Å². The van der Waals surface area contributed by atoms with Crippen molar-refractivity contribution < 1.29 is 16.8 Å². The van der Waals surface area contributed by atoms with E-state index in [-0.39, 0.29) is 9.79 Å². The SMILES string of the molecule is CS(=O)(=O)c1ccc2ccc(S(C)(=O)=O)cc2c1. The quantitative estimate of drug-likeness (QED) is 0.841. The molecular formula is C12H12O4S2. The molecule has 0 N–H and O–H groups in total. The van der Waals surface area contributed by atoms with E-state index < -0.39 is 19.7 Å². The molecule has 0 amide bonds. The van der Waals surface area contributed by atoms with Crippen LogP contribution in [0.4, 0.5) is 0 Å². The van der Waals surface area contributed by atoms with Crippen molar-refractivity contribution >= 4 is 30.4 Å². The minimum Gasteiger partial charge on any atom is -0.224 e. The first kappa shape index (κ1) is 13.0. The van der Waals surface area contributed by atoms with Gasteiger partial charge < -0.3 is 0 Å². The van der Waals surface area contributed by atoms with Crippen molar-refractivity contribution in [2.45, 2.75) is 9.79 Å². The molecule has 0 bridgehead atoms. The van der Waals surface area contributed by atoms with Crippen LogP contribution in [0.15, 0.2) is 46.2 Å². The Labute approximate surface area is 106 Å². The van der Waals surface area contributed by atoms with Gasteiger partial charge in [-0.1, -0.05) is 12.1 Å². The molecular weight excluding hydrogens is 272 g/mol. The molecule has 0 heterocycles. The van der Waals surface area contributed by atoms with Crippen molar-refractivity contribution in [2.24, 2.45) is 0 Å². The zero-order chi connectivity index (χ0) is 13.6. The summed E-state index contributed by atoms with van der Waals surface area (Å²) in [5.74, 6) is 0. The summed E-state index contributed by atoms with van der Waals surface area (Å²) >= 11 is 0. The molecule has 0 aromatic heterocycles. The maximum absolute atomic E-state index is 11.4.